The molecule has 0 aromatic heterocycles. The third-order valence-electron chi connectivity index (χ3n) is 4.10. The van der Waals surface area contributed by atoms with Crippen molar-refractivity contribution in [3.05, 3.63) is 0 Å². The van der Waals surface area contributed by atoms with Gasteiger partial charge in [0.15, 0.2) is 0 Å². The summed E-state index contributed by atoms with van der Waals surface area (Å²) >= 11 is 0. The molecule has 2 aliphatic rings. The Morgan fingerprint density at radius 3 is 2.67 bits per heavy atom. The fourth-order valence-corrected chi connectivity index (χ4v) is 2.72. The zero-order chi connectivity index (χ0) is 15.6. The number of carboxylic acids is 1. The van der Waals surface area contributed by atoms with Gasteiger partial charge >= 0.3 is 5.97 Å². The van der Waals surface area contributed by atoms with Crippen LogP contribution in [0.25, 0.3) is 0 Å². The molecule has 1 aliphatic carbocycles. The maximum absolute atomic E-state index is 12.6. The molecule has 2 rings (SSSR count). The molecule has 0 spiro atoms. The summed E-state index contributed by atoms with van der Waals surface area (Å²) < 4.78 is 4.95. The van der Waals surface area contributed by atoms with Crippen molar-refractivity contribution in [3.8, 4) is 0 Å². The largest absolute Gasteiger partial charge is 0.480 e. The number of rotatable bonds is 7. The molecule has 118 valence electrons. The monoisotopic (exact) mass is 298 g/mol. The molecule has 1 aliphatic heterocycles. The van der Waals surface area contributed by atoms with Crippen molar-refractivity contribution in [1.29, 1.82) is 0 Å². The van der Waals surface area contributed by atoms with Crippen molar-refractivity contribution >= 4 is 17.8 Å². The van der Waals surface area contributed by atoms with Gasteiger partial charge in [-0.3, -0.25) is 9.59 Å². The summed E-state index contributed by atoms with van der Waals surface area (Å²) in [6.45, 7) is 2.79. The van der Waals surface area contributed by atoms with Crippen LogP contribution in [0.1, 0.15) is 26.2 Å². The van der Waals surface area contributed by atoms with Crippen molar-refractivity contribution in [2.24, 2.45) is 5.92 Å². The molecule has 0 radical (unpaired) electrons. The van der Waals surface area contributed by atoms with E-state index in [0.717, 1.165) is 12.8 Å². The van der Waals surface area contributed by atoms with Crippen LogP contribution in [-0.4, -0.2) is 71.6 Å². The van der Waals surface area contributed by atoms with Crippen LogP contribution >= 0.6 is 0 Å². The van der Waals surface area contributed by atoms with Gasteiger partial charge in [0, 0.05) is 32.7 Å². The van der Waals surface area contributed by atoms with Crippen LogP contribution in [-0.2, 0) is 19.1 Å². The Hall–Kier alpha value is -1.63. The lowest BCUT2D eigenvalue weighted by atomic mass is 10.1. The molecule has 2 unspecified atom stereocenters. The Balaban J connectivity index is 2.01. The molecule has 0 bridgehead atoms. The van der Waals surface area contributed by atoms with Gasteiger partial charge in [-0.05, 0) is 19.8 Å². The number of carbonyl (C=O) groups excluding carboxylic acids is 2. The zero-order valence-electron chi connectivity index (χ0n) is 12.4. The van der Waals surface area contributed by atoms with E-state index in [-0.39, 0.29) is 24.3 Å². The lowest BCUT2D eigenvalue weighted by Crippen LogP contribution is -2.47. The van der Waals surface area contributed by atoms with E-state index in [0.29, 0.717) is 19.7 Å². The highest BCUT2D eigenvalue weighted by molar-refractivity contribution is 5.91. The number of aliphatic carboxylic acids is 1. The van der Waals surface area contributed by atoms with Gasteiger partial charge in [-0.15, -0.1) is 0 Å². The molecule has 1 saturated carbocycles. The van der Waals surface area contributed by atoms with E-state index in [9.17, 15) is 14.4 Å². The number of carboxylic acid groups (broad SMARTS) is 1. The van der Waals surface area contributed by atoms with Crippen molar-refractivity contribution in [2.75, 3.05) is 26.8 Å². The van der Waals surface area contributed by atoms with Crippen LogP contribution in [0.5, 0.6) is 0 Å². The van der Waals surface area contributed by atoms with E-state index in [4.69, 9.17) is 9.84 Å². The van der Waals surface area contributed by atoms with Gasteiger partial charge in [-0.2, -0.15) is 0 Å². The van der Waals surface area contributed by atoms with Crippen LogP contribution in [0, 0.1) is 5.92 Å². The number of methoxy groups -OCH3 is 1. The second-order valence-electron chi connectivity index (χ2n) is 5.72. The highest BCUT2D eigenvalue weighted by Gasteiger charge is 2.44. The molecule has 0 aromatic carbocycles. The van der Waals surface area contributed by atoms with Crippen LogP contribution < -0.4 is 0 Å². The van der Waals surface area contributed by atoms with Gasteiger partial charge in [-0.25, -0.2) is 4.79 Å². The Bertz CT molecular complexity index is 435. The first kappa shape index (κ1) is 15.8. The van der Waals surface area contributed by atoms with E-state index >= 15 is 0 Å². The molecule has 0 aromatic rings. The van der Waals surface area contributed by atoms with Crippen LogP contribution in [0.15, 0.2) is 0 Å². The predicted octanol–water partition coefficient (Wildman–Crippen LogP) is -0.0546. The van der Waals surface area contributed by atoms with E-state index in [1.165, 1.54) is 11.8 Å². The smallest absolute Gasteiger partial charge is 0.326 e. The van der Waals surface area contributed by atoms with Gasteiger partial charge in [-0.1, -0.05) is 0 Å². The molecule has 2 atom stereocenters. The summed E-state index contributed by atoms with van der Waals surface area (Å²) in [5.41, 5.74) is 0. The fraction of sp³-hybridized carbons (Fsp3) is 0.786. The first-order chi connectivity index (χ1) is 9.95. The number of hydrogen-bond donors (Lipinski definition) is 1. The molecule has 7 nitrogen and oxygen atoms in total. The molecule has 21 heavy (non-hydrogen) atoms. The summed E-state index contributed by atoms with van der Waals surface area (Å²) in [6, 6.07) is -0.820. The Kier molecular flexibility index (Phi) is 4.82. The standard InChI is InChI=1S/C14H22N2O5/c1-9(14(19)20)16(11-3-4-11)13(18)10-7-12(17)15(8-10)5-6-21-2/h9-11H,3-8H2,1-2H3,(H,19,20). The number of likely N-dealkylation sites (tertiary alicyclic amines) is 1. The van der Waals surface area contributed by atoms with Gasteiger partial charge in [0.05, 0.1) is 12.5 Å². The average molecular weight is 298 g/mol. The van der Waals surface area contributed by atoms with Crippen LogP contribution in [0.4, 0.5) is 0 Å². The Labute approximate surface area is 123 Å². The van der Waals surface area contributed by atoms with E-state index < -0.39 is 17.9 Å². The van der Waals surface area contributed by atoms with Gasteiger partial charge in [0.1, 0.15) is 6.04 Å². The second-order valence-corrected chi connectivity index (χ2v) is 5.72. The topological polar surface area (TPSA) is 87.2 Å². The number of carbonyl (C=O) groups is 3. The predicted molar refractivity (Wildman–Crippen MR) is 73.5 cm³/mol. The van der Waals surface area contributed by atoms with E-state index in [2.05, 4.69) is 0 Å². The quantitative estimate of drug-likeness (QED) is 0.712. The van der Waals surface area contributed by atoms with Crippen molar-refractivity contribution in [2.45, 2.75) is 38.3 Å². The summed E-state index contributed by atoms with van der Waals surface area (Å²) in [5.74, 6) is -1.71. The third-order valence-corrected chi connectivity index (χ3v) is 4.10. The minimum atomic E-state index is -1.00. The highest BCUT2D eigenvalue weighted by Crippen LogP contribution is 2.32. The summed E-state index contributed by atoms with van der Waals surface area (Å²) in [7, 11) is 1.56. The maximum atomic E-state index is 12.6. The maximum Gasteiger partial charge on any atom is 0.326 e. The summed E-state index contributed by atoms with van der Waals surface area (Å²) in [5, 5.41) is 9.15. The summed E-state index contributed by atoms with van der Waals surface area (Å²) in [4.78, 5) is 38.7. The number of nitrogens with zero attached hydrogens (tertiary/aromatic N) is 2. The second kappa shape index (κ2) is 6.43. The SMILES string of the molecule is COCCN1CC(C(=O)N(C2CC2)C(C)C(=O)O)CC1=O. The average Bonchev–Trinajstić information content (AvgIpc) is 3.19. The first-order valence-corrected chi connectivity index (χ1v) is 7.27. The minimum Gasteiger partial charge on any atom is -0.480 e. The molecular formula is C14H22N2O5. The first-order valence-electron chi connectivity index (χ1n) is 7.27. The van der Waals surface area contributed by atoms with Crippen LogP contribution in [0.3, 0.4) is 0 Å². The Morgan fingerprint density at radius 2 is 2.14 bits per heavy atom. The Morgan fingerprint density at radius 1 is 1.48 bits per heavy atom. The zero-order valence-corrected chi connectivity index (χ0v) is 12.4. The van der Waals surface area contributed by atoms with Gasteiger partial charge in [0.25, 0.3) is 0 Å². The molecule has 1 saturated heterocycles. The lowest BCUT2D eigenvalue weighted by Gasteiger charge is -2.29. The number of hydrogen-bond acceptors (Lipinski definition) is 4. The molecule has 7 heteroatoms. The van der Waals surface area contributed by atoms with Crippen LogP contribution in [0.2, 0.25) is 0 Å². The van der Waals surface area contributed by atoms with Gasteiger partial charge in [0.2, 0.25) is 11.8 Å². The number of amides is 2. The molecule has 2 fully saturated rings. The summed E-state index contributed by atoms with van der Waals surface area (Å²) in [6.07, 6.45) is 1.85. The van der Waals surface area contributed by atoms with Crippen molar-refractivity contribution in [3.63, 3.8) is 0 Å². The third kappa shape index (κ3) is 3.53. The molecule has 1 heterocycles. The van der Waals surface area contributed by atoms with E-state index in [1.54, 1.807) is 12.0 Å². The van der Waals surface area contributed by atoms with Gasteiger partial charge < -0.3 is 19.6 Å². The van der Waals surface area contributed by atoms with E-state index in [1.807, 2.05) is 0 Å². The minimum absolute atomic E-state index is 0.0201. The van der Waals surface area contributed by atoms with Crippen molar-refractivity contribution in [1.82, 2.24) is 9.80 Å². The molecular weight excluding hydrogens is 276 g/mol. The fourth-order valence-electron chi connectivity index (χ4n) is 2.72. The number of ether oxygens (including phenoxy) is 1. The lowest BCUT2D eigenvalue weighted by molar-refractivity contribution is -0.151. The molecule has 1 N–H and O–H groups in total. The highest BCUT2D eigenvalue weighted by atomic mass is 16.5. The normalized spacial score (nSPS) is 23.2. The molecule has 2 amide bonds. The van der Waals surface area contributed by atoms with Crippen molar-refractivity contribution < 1.29 is 24.2 Å².